The topological polar surface area (TPSA) is 80.7 Å². The smallest absolute Gasteiger partial charge is 0.334 e. The van der Waals surface area contributed by atoms with Crippen LogP contribution in [0, 0.1) is 39.4 Å². The second-order valence-electron chi connectivity index (χ2n) is 11.5. The lowest BCUT2D eigenvalue weighted by Gasteiger charge is -2.66. The zero-order valence-corrected chi connectivity index (χ0v) is 19.0. The molecular formula is C26H32O5. The first kappa shape index (κ1) is 20.9. The summed E-state index contributed by atoms with van der Waals surface area (Å²) in [5.74, 6) is -0.725. The van der Waals surface area contributed by atoms with E-state index in [0.717, 1.165) is 18.4 Å². The van der Waals surface area contributed by atoms with Crippen LogP contribution < -0.4 is 0 Å². The molecule has 1 aliphatic heterocycles. The van der Waals surface area contributed by atoms with Crippen LogP contribution in [0.2, 0.25) is 0 Å². The van der Waals surface area contributed by atoms with E-state index in [1.807, 2.05) is 13.8 Å². The van der Waals surface area contributed by atoms with Crippen LogP contribution in [0.5, 0.6) is 0 Å². The van der Waals surface area contributed by atoms with E-state index >= 15 is 0 Å². The standard InChI is InChI=1S/C26H32O5/c1-23(2)17-13-20(29)26(5)16(24(17,3)10-7-19(23)28)6-9-25(4)18(26)12-15(27)21(25)14-8-11-31-22(14)30/h7-8,10,12,16-17,20-21,29H,6,9,11,13H2,1-5H3/t16-,17+,20-,21-,24-,25-,26-/m1/s1. The average molecular weight is 425 g/mol. The largest absolute Gasteiger partial charge is 0.458 e. The molecule has 1 heterocycles. The fraction of sp³-hybridized carbons (Fsp3) is 0.654. The first-order valence-electron chi connectivity index (χ1n) is 11.4. The summed E-state index contributed by atoms with van der Waals surface area (Å²) < 4.78 is 5.13. The number of cyclic esters (lactones) is 1. The zero-order chi connectivity index (χ0) is 22.6. The van der Waals surface area contributed by atoms with Gasteiger partial charge in [-0.2, -0.15) is 0 Å². The van der Waals surface area contributed by atoms with E-state index in [1.54, 1.807) is 18.2 Å². The number of aliphatic hydroxyl groups is 1. The van der Waals surface area contributed by atoms with Crippen molar-refractivity contribution in [1.82, 2.24) is 0 Å². The molecule has 166 valence electrons. The molecule has 0 radical (unpaired) electrons. The Balaban J connectivity index is 1.63. The van der Waals surface area contributed by atoms with Gasteiger partial charge in [0.05, 0.1) is 12.0 Å². The molecule has 0 aromatic heterocycles. The van der Waals surface area contributed by atoms with E-state index in [2.05, 4.69) is 26.8 Å². The Labute approximate surface area is 183 Å². The van der Waals surface area contributed by atoms with Gasteiger partial charge >= 0.3 is 5.97 Å². The van der Waals surface area contributed by atoms with Crippen LogP contribution in [0.15, 0.2) is 35.5 Å². The van der Waals surface area contributed by atoms with Crippen molar-refractivity contribution in [1.29, 1.82) is 0 Å². The van der Waals surface area contributed by atoms with Crippen LogP contribution in [0.4, 0.5) is 0 Å². The van der Waals surface area contributed by atoms with Gasteiger partial charge in [0.25, 0.3) is 0 Å². The van der Waals surface area contributed by atoms with Crippen molar-refractivity contribution >= 4 is 17.5 Å². The normalized spacial score (nSPS) is 47.9. The molecule has 2 fully saturated rings. The monoisotopic (exact) mass is 424 g/mol. The maximum absolute atomic E-state index is 13.2. The lowest BCUT2D eigenvalue weighted by atomic mass is 9.38. The Morgan fingerprint density at radius 3 is 2.42 bits per heavy atom. The molecule has 0 bridgehead atoms. The van der Waals surface area contributed by atoms with Gasteiger partial charge in [-0.15, -0.1) is 0 Å². The minimum absolute atomic E-state index is 0.0379. The van der Waals surface area contributed by atoms with Crippen molar-refractivity contribution < 1.29 is 24.2 Å². The zero-order valence-electron chi connectivity index (χ0n) is 19.0. The summed E-state index contributed by atoms with van der Waals surface area (Å²) >= 11 is 0. The number of ether oxygens (including phenoxy) is 1. The number of fused-ring (bicyclic) bond motifs is 5. The Morgan fingerprint density at radius 2 is 1.77 bits per heavy atom. The second kappa shape index (κ2) is 6.06. The highest BCUT2D eigenvalue weighted by Crippen LogP contribution is 2.71. The average Bonchev–Trinajstić information content (AvgIpc) is 3.21. The maximum atomic E-state index is 13.2. The van der Waals surface area contributed by atoms with Crippen molar-refractivity contribution in [3.05, 3.63) is 35.5 Å². The van der Waals surface area contributed by atoms with Gasteiger partial charge in [0, 0.05) is 21.8 Å². The molecule has 0 aromatic carbocycles. The van der Waals surface area contributed by atoms with Gasteiger partial charge in [-0.25, -0.2) is 4.79 Å². The van der Waals surface area contributed by atoms with Gasteiger partial charge in [0.2, 0.25) is 0 Å². The van der Waals surface area contributed by atoms with E-state index < -0.39 is 34.2 Å². The maximum Gasteiger partial charge on any atom is 0.334 e. The minimum atomic E-state index is -0.656. The van der Waals surface area contributed by atoms with Gasteiger partial charge < -0.3 is 9.84 Å². The van der Waals surface area contributed by atoms with E-state index in [-0.39, 0.29) is 35.4 Å². The predicted octanol–water partition coefficient (Wildman–Crippen LogP) is 3.57. The molecule has 5 rings (SSSR count). The molecule has 7 atom stereocenters. The molecule has 5 aliphatic rings. The Morgan fingerprint density at radius 1 is 1.06 bits per heavy atom. The molecule has 0 aromatic rings. The molecule has 0 saturated heterocycles. The summed E-state index contributed by atoms with van der Waals surface area (Å²) in [5.41, 5.74) is -0.437. The highest BCUT2D eigenvalue weighted by molar-refractivity contribution is 6.06. The summed E-state index contributed by atoms with van der Waals surface area (Å²) in [7, 11) is 0. The number of allylic oxidation sites excluding steroid dienone is 3. The number of carbonyl (C=O) groups is 3. The number of hydrogen-bond acceptors (Lipinski definition) is 5. The molecule has 0 amide bonds. The van der Waals surface area contributed by atoms with Crippen LogP contribution in [0.25, 0.3) is 0 Å². The predicted molar refractivity (Wildman–Crippen MR) is 115 cm³/mol. The summed E-state index contributed by atoms with van der Waals surface area (Å²) in [5, 5.41) is 11.6. The van der Waals surface area contributed by atoms with Gasteiger partial charge in [-0.3, -0.25) is 9.59 Å². The van der Waals surface area contributed by atoms with Crippen LogP contribution in [0.3, 0.4) is 0 Å². The Kier molecular flexibility index (Phi) is 4.08. The van der Waals surface area contributed by atoms with Crippen LogP contribution >= 0.6 is 0 Å². The molecule has 4 aliphatic carbocycles. The Hall–Kier alpha value is -2.01. The van der Waals surface area contributed by atoms with Crippen LogP contribution in [-0.2, 0) is 19.1 Å². The highest BCUT2D eigenvalue weighted by Gasteiger charge is 2.68. The van der Waals surface area contributed by atoms with Crippen molar-refractivity contribution in [3.63, 3.8) is 0 Å². The molecule has 1 N–H and O–H groups in total. The van der Waals surface area contributed by atoms with Gasteiger partial charge in [0.1, 0.15) is 6.61 Å². The van der Waals surface area contributed by atoms with Crippen LogP contribution in [0.1, 0.15) is 53.9 Å². The van der Waals surface area contributed by atoms with Gasteiger partial charge in [-0.05, 0) is 54.7 Å². The molecular weight excluding hydrogens is 392 g/mol. The summed E-state index contributed by atoms with van der Waals surface area (Å²) in [6.07, 6.45) is 8.73. The van der Waals surface area contributed by atoms with Gasteiger partial charge in [0.15, 0.2) is 11.6 Å². The summed E-state index contributed by atoms with van der Waals surface area (Å²) in [6, 6.07) is 0. The van der Waals surface area contributed by atoms with Crippen LogP contribution in [-0.4, -0.2) is 35.4 Å². The molecule has 5 heteroatoms. The van der Waals surface area contributed by atoms with Crippen molar-refractivity contribution in [2.45, 2.75) is 60.0 Å². The van der Waals surface area contributed by atoms with E-state index in [1.165, 1.54) is 0 Å². The van der Waals surface area contributed by atoms with Crippen molar-refractivity contribution in [2.24, 2.45) is 39.4 Å². The summed E-state index contributed by atoms with van der Waals surface area (Å²) in [4.78, 5) is 38.3. The fourth-order valence-corrected chi connectivity index (χ4v) is 8.23. The molecule has 5 nitrogen and oxygen atoms in total. The van der Waals surface area contributed by atoms with Gasteiger partial charge in [-0.1, -0.05) is 46.3 Å². The third-order valence-electron chi connectivity index (χ3n) is 9.90. The second-order valence-corrected chi connectivity index (χ2v) is 11.5. The molecule has 2 saturated carbocycles. The van der Waals surface area contributed by atoms with Crippen molar-refractivity contribution in [3.8, 4) is 0 Å². The number of hydrogen-bond donors (Lipinski definition) is 1. The first-order chi connectivity index (χ1) is 14.4. The van der Waals surface area contributed by atoms with E-state index in [0.29, 0.717) is 12.0 Å². The van der Waals surface area contributed by atoms with Crippen molar-refractivity contribution in [2.75, 3.05) is 6.61 Å². The number of rotatable bonds is 1. The highest BCUT2D eigenvalue weighted by atomic mass is 16.5. The first-order valence-corrected chi connectivity index (χ1v) is 11.4. The quantitative estimate of drug-likeness (QED) is 0.651. The third kappa shape index (κ3) is 2.33. The van der Waals surface area contributed by atoms with E-state index in [4.69, 9.17) is 4.74 Å². The Bertz CT molecular complexity index is 999. The number of ketones is 2. The molecule has 0 spiro atoms. The SMILES string of the molecule is CC1(C)C(=O)C=C[C@]2(C)[C@H]3CC[C@]4(C)C(=CC(=O)[C@H]4C4=CCOC4=O)[C@]3(C)[C@H](O)C[C@@H]12. The lowest BCUT2D eigenvalue weighted by Crippen LogP contribution is -2.63. The molecule has 0 unspecified atom stereocenters. The van der Waals surface area contributed by atoms with E-state index in [9.17, 15) is 19.5 Å². The third-order valence-corrected chi connectivity index (χ3v) is 9.90. The number of esters is 1. The number of aliphatic hydroxyl groups excluding tert-OH is 1. The fourth-order valence-electron chi connectivity index (χ4n) is 8.23. The summed E-state index contributed by atoms with van der Waals surface area (Å²) in [6.45, 7) is 10.6. The lowest BCUT2D eigenvalue weighted by molar-refractivity contribution is -0.164. The molecule has 31 heavy (non-hydrogen) atoms. The minimum Gasteiger partial charge on any atom is -0.458 e. The number of carbonyl (C=O) groups excluding carboxylic acids is 3.